The van der Waals surface area contributed by atoms with Gasteiger partial charge in [0.1, 0.15) is 0 Å². The van der Waals surface area contributed by atoms with Crippen LogP contribution in [0, 0.1) is 27.7 Å². The molecule has 2 aromatic rings. The van der Waals surface area contributed by atoms with E-state index in [0.29, 0.717) is 12.1 Å². The standard InChI is InChI=1S/C20H27N/c1-13-7-9-19(10-8-13)17(5)21-18(6)20-15(3)11-14(2)12-16(20)4/h7-12,17-18,21H,1-6H3/t17-,18?/m1/s1. The van der Waals surface area contributed by atoms with E-state index in [-0.39, 0.29) is 0 Å². The number of hydrogen-bond donors (Lipinski definition) is 1. The van der Waals surface area contributed by atoms with Crippen molar-refractivity contribution in [3.8, 4) is 0 Å². The Morgan fingerprint density at radius 2 is 1.24 bits per heavy atom. The van der Waals surface area contributed by atoms with Gasteiger partial charge in [0.05, 0.1) is 0 Å². The highest BCUT2D eigenvalue weighted by Gasteiger charge is 2.15. The highest BCUT2D eigenvalue weighted by Crippen LogP contribution is 2.26. The lowest BCUT2D eigenvalue weighted by molar-refractivity contribution is 0.491. The van der Waals surface area contributed by atoms with Crippen LogP contribution in [0.3, 0.4) is 0 Å². The van der Waals surface area contributed by atoms with Gasteiger partial charge in [-0.3, -0.25) is 0 Å². The topological polar surface area (TPSA) is 12.0 Å². The van der Waals surface area contributed by atoms with Crippen molar-refractivity contribution in [2.24, 2.45) is 0 Å². The van der Waals surface area contributed by atoms with Crippen molar-refractivity contribution in [2.45, 2.75) is 53.6 Å². The molecule has 0 bridgehead atoms. The van der Waals surface area contributed by atoms with Gasteiger partial charge in [-0.25, -0.2) is 0 Å². The predicted octanol–water partition coefficient (Wildman–Crippen LogP) is 5.33. The molecule has 1 unspecified atom stereocenters. The summed E-state index contributed by atoms with van der Waals surface area (Å²) in [4.78, 5) is 0. The van der Waals surface area contributed by atoms with Crippen LogP contribution in [0.1, 0.15) is 59.3 Å². The Kier molecular flexibility index (Phi) is 4.84. The summed E-state index contributed by atoms with van der Waals surface area (Å²) in [7, 11) is 0. The van der Waals surface area contributed by atoms with Gasteiger partial charge < -0.3 is 5.32 Å². The lowest BCUT2D eigenvalue weighted by Gasteiger charge is -2.24. The van der Waals surface area contributed by atoms with Crippen molar-refractivity contribution in [3.05, 3.63) is 69.8 Å². The first kappa shape index (κ1) is 15.8. The number of aryl methyl sites for hydroxylation is 4. The van der Waals surface area contributed by atoms with Crippen LogP contribution in [-0.4, -0.2) is 0 Å². The van der Waals surface area contributed by atoms with Gasteiger partial charge in [0.2, 0.25) is 0 Å². The van der Waals surface area contributed by atoms with Gasteiger partial charge in [0.25, 0.3) is 0 Å². The molecule has 2 rings (SSSR count). The Labute approximate surface area is 129 Å². The van der Waals surface area contributed by atoms with E-state index in [1.54, 1.807) is 0 Å². The third-order valence-corrected chi connectivity index (χ3v) is 4.25. The van der Waals surface area contributed by atoms with Crippen molar-refractivity contribution in [1.82, 2.24) is 5.32 Å². The first-order valence-corrected chi connectivity index (χ1v) is 7.79. The van der Waals surface area contributed by atoms with E-state index in [9.17, 15) is 0 Å². The summed E-state index contributed by atoms with van der Waals surface area (Å²) in [6.07, 6.45) is 0. The summed E-state index contributed by atoms with van der Waals surface area (Å²) in [5.74, 6) is 0. The second-order valence-electron chi connectivity index (χ2n) is 6.33. The molecule has 1 N–H and O–H groups in total. The van der Waals surface area contributed by atoms with Gasteiger partial charge in [0.15, 0.2) is 0 Å². The Morgan fingerprint density at radius 1 is 0.714 bits per heavy atom. The average Bonchev–Trinajstić information content (AvgIpc) is 2.37. The lowest BCUT2D eigenvalue weighted by atomic mass is 9.94. The first-order valence-electron chi connectivity index (χ1n) is 7.79. The van der Waals surface area contributed by atoms with Crippen molar-refractivity contribution >= 4 is 0 Å². The summed E-state index contributed by atoms with van der Waals surface area (Å²) >= 11 is 0. The van der Waals surface area contributed by atoms with Crippen LogP contribution in [-0.2, 0) is 0 Å². The predicted molar refractivity (Wildman–Crippen MR) is 91.8 cm³/mol. The summed E-state index contributed by atoms with van der Waals surface area (Å²) in [5, 5.41) is 3.73. The van der Waals surface area contributed by atoms with E-state index >= 15 is 0 Å². The van der Waals surface area contributed by atoms with Crippen molar-refractivity contribution in [1.29, 1.82) is 0 Å². The molecule has 0 aromatic heterocycles. The third kappa shape index (κ3) is 3.74. The fourth-order valence-electron chi connectivity index (χ4n) is 3.28. The zero-order valence-corrected chi connectivity index (χ0v) is 14.1. The lowest BCUT2D eigenvalue weighted by Crippen LogP contribution is -2.23. The second-order valence-corrected chi connectivity index (χ2v) is 6.33. The maximum atomic E-state index is 3.73. The molecular weight excluding hydrogens is 254 g/mol. The third-order valence-electron chi connectivity index (χ3n) is 4.25. The zero-order valence-electron chi connectivity index (χ0n) is 14.1. The van der Waals surface area contributed by atoms with Crippen LogP contribution < -0.4 is 5.32 Å². The largest absolute Gasteiger partial charge is 0.304 e. The monoisotopic (exact) mass is 281 g/mol. The molecule has 1 heteroatoms. The van der Waals surface area contributed by atoms with E-state index in [0.717, 1.165) is 0 Å². The Hall–Kier alpha value is -1.60. The fraction of sp³-hybridized carbons (Fsp3) is 0.400. The number of rotatable bonds is 4. The maximum absolute atomic E-state index is 3.73. The minimum absolute atomic E-state index is 0.348. The summed E-state index contributed by atoms with van der Waals surface area (Å²) < 4.78 is 0. The molecule has 112 valence electrons. The minimum atomic E-state index is 0.348. The van der Waals surface area contributed by atoms with Gasteiger partial charge in [-0.15, -0.1) is 0 Å². The highest BCUT2D eigenvalue weighted by atomic mass is 14.9. The quantitative estimate of drug-likeness (QED) is 0.798. The SMILES string of the molecule is Cc1ccc([C@@H](C)NC(C)c2c(C)cc(C)cc2C)cc1. The molecule has 2 atom stereocenters. The van der Waals surface area contributed by atoms with E-state index in [1.807, 2.05) is 0 Å². The van der Waals surface area contributed by atoms with E-state index in [1.165, 1.54) is 33.4 Å². The smallest absolute Gasteiger partial charge is 0.0302 e. The molecule has 21 heavy (non-hydrogen) atoms. The number of benzene rings is 2. The Balaban J connectivity index is 2.18. The molecule has 0 spiro atoms. The molecule has 0 amide bonds. The van der Waals surface area contributed by atoms with Crippen LogP contribution in [0.4, 0.5) is 0 Å². The van der Waals surface area contributed by atoms with E-state index < -0.39 is 0 Å². The fourth-order valence-corrected chi connectivity index (χ4v) is 3.28. The van der Waals surface area contributed by atoms with Crippen LogP contribution in [0.25, 0.3) is 0 Å². The molecule has 0 radical (unpaired) electrons. The van der Waals surface area contributed by atoms with Crippen molar-refractivity contribution < 1.29 is 0 Å². The number of hydrogen-bond acceptors (Lipinski definition) is 1. The first-order chi connectivity index (χ1) is 9.88. The molecule has 0 saturated carbocycles. The Bertz CT molecular complexity index is 587. The minimum Gasteiger partial charge on any atom is -0.304 e. The molecule has 2 aromatic carbocycles. The molecular formula is C20H27N. The zero-order chi connectivity index (χ0) is 15.6. The molecule has 0 aliphatic heterocycles. The van der Waals surface area contributed by atoms with Gasteiger partial charge >= 0.3 is 0 Å². The van der Waals surface area contributed by atoms with Gasteiger partial charge in [0, 0.05) is 12.1 Å². The molecule has 0 aliphatic carbocycles. The van der Waals surface area contributed by atoms with Crippen LogP contribution in [0.15, 0.2) is 36.4 Å². The molecule has 0 heterocycles. The maximum Gasteiger partial charge on any atom is 0.0302 e. The van der Waals surface area contributed by atoms with Gasteiger partial charge in [-0.05, 0) is 63.8 Å². The van der Waals surface area contributed by atoms with Crippen molar-refractivity contribution in [2.75, 3.05) is 0 Å². The summed E-state index contributed by atoms with van der Waals surface area (Å²) in [6, 6.07) is 14.0. The van der Waals surface area contributed by atoms with Crippen molar-refractivity contribution in [3.63, 3.8) is 0 Å². The van der Waals surface area contributed by atoms with Crippen LogP contribution in [0.2, 0.25) is 0 Å². The molecule has 0 fully saturated rings. The van der Waals surface area contributed by atoms with Gasteiger partial charge in [-0.1, -0.05) is 47.5 Å². The molecule has 1 nitrogen and oxygen atoms in total. The average molecular weight is 281 g/mol. The normalized spacial score (nSPS) is 14.0. The molecule has 0 saturated heterocycles. The van der Waals surface area contributed by atoms with Crippen LogP contribution in [0.5, 0.6) is 0 Å². The number of nitrogens with one attached hydrogen (secondary N) is 1. The summed E-state index contributed by atoms with van der Waals surface area (Å²) in [6.45, 7) is 13.2. The van der Waals surface area contributed by atoms with Gasteiger partial charge in [-0.2, -0.15) is 0 Å². The van der Waals surface area contributed by atoms with E-state index in [2.05, 4.69) is 83.3 Å². The van der Waals surface area contributed by atoms with Crippen LogP contribution >= 0.6 is 0 Å². The Morgan fingerprint density at radius 3 is 1.76 bits per heavy atom. The second kappa shape index (κ2) is 6.44. The molecule has 0 aliphatic rings. The van der Waals surface area contributed by atoms with E-state index in [4.69, 9.17) is 0 Å². The summed E-state index contributed by atoms with van der Waals surface area (Å²) in [5.41, 5.74) is 8.18. The highest BCUT2D eigenvalue weighted by molar-refractivity contribution is 5.39.